The molecule has 0 bridgehead atoms. The average molecular weight is 202 g/mol. The molecule has 0 heterocycles. The van der Waals surface area contributed by atoms with Crippen LogP contribution in [0.5, 0.6) is 17.2 Å². The molecule has 3 heteroatoms. The maximum atomic E-state index is 9.58. The summed E-state index contributed by atoms with van der Waals surface area (Å²) >= 11 is 0. The van der Waals surface area contributed by atoms with E-state index in [0.717, 1.165) is 5.56 Å². The number of benzene rings is 2. The monoisotopic (exact) mass is 202 g/mol. The highest BCUT2D eigenvalue weighted by Crippen LogP contribution is 2.32. The van der Waals surface area contributed by atoms with Crippen LogP contribution in [0.3, 0.4) is 0 Å². The van der Waals surface area contributed by atoms with Crippen molar-refractivity contribution in [3.05, 3.63) is 42.5 Å². The van der Waals surface area contributed by atoms with E-state index in [9.17, 15) is 10.2 Å². The molecule has 3 N–H and O–H groups in total. The van der Waals surface area contributed by atoms with Crippen molar-refractivity contribution in [3.63, 3.8) is 0 Å². The van der Waals surface area contributed by atoms with E-state index in [1.165, 1.54) is 30.3 Å². The molecule has 2 aromatic rings. The van der Waals surface area contributed by atoms with Gasteiger partial charge in [-0.15, -0.1) is 0 Å². The molecule has 0 unspecified atom stereocenters. The Morgan fingerprint density at radius 1 is 0.667 bits per heavy atom. The van der Waals surface area contributed by atoms with Gasteiger partial charge in [0.15, 0.2) is 0 Å². The summed E-state index contributed by atoms with van der Waals surface area (Å²) in [6, 6.07) is 10.7. The first-order valence-corrected chi connectivity index (χ1v) is 4.48. The van der Waals surface area contributed by atoms with E-state index in [1.807, 2.05) is 0 Å². The Bertz CT molecular complexity index is 475. The minimum Gasteiger partial charge on any atom is -0.508 e. The van der Waals surface area contributed by atoms with E-state index in [0.29, 0.717) is 5.56 Å². The molecule has 0 atom stereocenters. The van der Waals surface area contributed by atoms with Crippen LogP contribution < -0.4 is 0 Å². The normalized spacial score (nSPS) is 10.1. The van der Waals surface area contributed by atoms with Crippen molar-refractivity contribution in [2.45, 2.75) is 0 Å². The van der Waals surface area contributed by atoms with Crippen LogP contribution in [0.25, 0.3) is 11.1 Å². The van der Waals surface area contributed by atoms with E-state index in [-0.39, 0.29) is 17.2 Å². The smallest absolute Gasteiger partial charge is 0.123 e. The molecule has 0 aliphatic heterocycles. The number of rotatable bonds is 1. The molecule has 0 spiro atoms. The van der Waals surface area contributed by atoms with Crippen molar-refractivity contribution in [3.8, 4) is 28.4 Å². The van der Waals surface area contributed by atoms with Gasteiger partial charge in [-0.2, -0.15) is 0 Å². The van der Waals surface area contributed by atoms with Gasteiger partial charge in [-0.1, -0.05) is 12.1 Å². The number of hydrogen-bond acceptors (Lipinski definition) is 3. The lowest BCUT2D eigenvalue weighted by Crippen LogP contribution is -1.78. The highest BCUT2D eigenvalue weighted by molar-refractivity contribution is 5.71. The molecule has 76 valence electrons. The van der Waals surface area contributed by atoms with Gasteiger partial charge in [0.25, 0.3) is 0 Å². The van der Waals surface area contributed by atoms with E-state index >= 15 is 0 Å². The van der Waals surface area contributed by atoms with Crippen LogP contribution in [-0.2, 0) is 0 Å². The molecular weight excluding hydrogens is 192 g/mol. The maximum absolute atomic E-state index is 9.58. The van der Waals surface area contributed by atoms with Crippen molar-refractivity contribution >= 4 is 0 Å². The summed E-state index contributed by atoms with van der Waals surface area (Å²) < 4.78 is 0. The molecule has 2 rings (SSSR count). The van der Waals surface area contributed by atoms with Gasteiger partial charge in [0.1, 0.15) is 17.2 Å². The summed E-state index contributed by atoms with van der Waals surface area (Å²) in [6.07, 6.45) is 0. The predicted molar refractivity (Wildman–Crippen MR) is 56.9 cm³/mol. The molecule has 0 aromatic heterocycles. The minimum atomic E-state index is 0.0934. The second-order valence-corrected chi connectivity index (χ2v) is 3.25. The lowest BCUT2D eigenvalue weighted by Gasteiger charge is -2.05. The van der Waals surface area contributed by atoms with Crippen LogP contribution >= 0.6 is 0 Å². The van der Waals surface area contributed by atoms with E-state index in [1.54, 1.807) is 12.1 Å². The van der Waals surface area contributed by atoms with E-state index in [4.69, 9.17) is 5.11 Å². The summed E-state index contributed by atoms with van der Waals surface area (Å²) in [4.78, 5) is 0. The average Bonchev–Trinajstić information content (AvgIpc) is 2.23. The zero-order valence-corrected chi connectivity index (χ0v) is 7.88. The van der Waals surface area contributed by atoms with Crippen molar-refractivity contribution in [1.82, 2.24) is 0 Å². The summed E-state index contributed by atoms with van der Waals surface area (Å²) in [6.45, 7) is 0. The van der Waals surface area contributed by atoms with Gasteiger partial charge in [0.2, 0.25) is 0 Å². The first kappa shape index (κ1) is 9.40. The quantitative estimate of drug-likeness (QED) is 0.622. The fourth-order valence-electron chi connectivity index (χ4n) is 1.40. The molecule has 15 heavy (non-hydrogen) atoms. The Kier molecular flexibility index (Phi) is 2.21. The third-order valence-electron chi connectivity index (χ3n) is 2.16. The van der Waals surface area contributed by atoms with Crippen molar-refractivity contribution in [2.75, 3.05) is 0 Å². The molecule has 2 aromatic carbocycles. The largest absolute Gasteiger partial charge is 0.508 e. The highest BCUT2D eigenvalue weighted by atomic mass is 16.3. The lowest BCUT2D eigenvalue weighted by atomic mass is 10.0. The molecule has 0 saturated heterocycles. The van der Waals surface area contributed by atoms with Gasteiger partial charge in [-0.05, 0) is 35.9 Å². The number of aromatic hydroxyl groups is 3. The molecule has 0 saturated carbocycles. The zero-order chi connectivity index (χ0) is 10.8. The SMILES string of the molecule is Oc1ccc(-c2cc(O)ccc2O)cc1. The Morgan fingerprint density at radius 2 is 1.27 bits per heavy atom. The third kappa shape index (κ3) is 1.86. The summed E-state index contributed by atoms with van der Waals surface area (Å²) in [5.41, 5.74) is 1.27. The molecule has 0 fully saturated rings. The van der Waals surface area contributed by atoms with Crippen LogP contribution in [0.15, 0.2) is 42.5 Å². The first-order valence-electron chi connectivity index (χ1n) is 4.48. The van der Waals surface area contributed by atoms with Crippen LogP contribution in [0.4, 0.5) is 0 Å². The summed E-state index contributed by atoms with van der Waals surface area (Å²) in [7, 11) is 0. The fourth-order valence-corrected chi connectivity index (χ4v) is 1.40. The Balaban J connectivity index is 2.53. The highest BCUT2D eigenvalue weighted by Gasteiger charge is 2.04. The Hall–Kier alpha value is -2.16. The molecule has 0 radical (unpaired) electrons. The fraction of sp³-hybridized carbons (Fsp3) is 0. The second kappa shape index (κ2) is 3.53. The number of phenolic OH excluding ortho intramolecular Hbond substituents is 3. The second-order valence-electron chi connectivity index (χ2n) is 3.25. The number of phenols is 3. The molecule has 3 nitrogen and oxygen atoms in total. The Morgan fingerprint density at radius 3 is 1.93 bits per heavy atom. The zero-order valence-electron chi connectivity index (χ0n) is 7.88. The van der Waals surface area contributed by atoms with Gasteiger partial charge in [0.05, 0.1) is 0 Å². The minimum absolute atomic E-state index is 0.0934. The van der Waals surface area contributed by atoms with Crippen LogP contribution in [0.2, 0.25) is 0 Å². The standard InChI is InChI=1S/C12H10O3/c13-9-3-1-8(2-4-9)11-7-10(14)5-6-12(11)15/h1-7,13-15H. The summed E-state index contributed by atoms with van der Waals surface area (Å²) in [5, 5.41) is 28.0. The first-order chi connectivity index (χ1) is 7.16. The molecular formula is C12H10O3. The van der Waals surface area contributed by atoms with Gasteiger partial charge in [-0.25, -0.2) is 0 Å². The van der Waals surface area contributed by atoms with Crippen molar-refractivity contribution in [2.24, 2.45) is 0 Å². The topological polar surface area (TPSA) is 60.7 Å². The summed E-state index contributed by atoms with van der Waals surface area (Å²) in [5.74, 6) is 0.354. The molecule has 0 aliphatic carbocycles. The van der Waals surface area contributed by atoms with E-state index < -0.39 is 0 Å². The van der Waals surface area contributed by atoms with Crippen LogP contribution in [0, 0.1) is 0 Å². The van der Waals surface area contributed by atoms with Crippen molar-refractivity contribution in [1.29, 1.82) is 0 Å². The maximum Gasteiger partial charge on any atom is 0.123 e. The van der Waals surface area contributed by atoms with Crippen molar-refractivity contribution < 1.29 is 15.3 Å². The Labute approximate surface area is 86.9 Å². The third-order valence-corrected chi connectivity index (χ3v) is 2.16. The molecule has 0 amide bonds. The predicted octanol–water partition coefficient (Wildman–Crippen LogP) is 2.47. The lowest BCUT2D eigenvalue weighted by molar-refractivity contribution is 0.462. The van der Waals surface area contributed by atoms with Gasteiger partial charge >= 0.3 is 0 Å². The van der Waals surface area contributed by atoms with Gasteiger partial charge < -0.3 is 15.3 Å². The molecule has 0 aliphatic rings. The van der Waals surface area contributed by atoms with E-state index in [2.05, 4.69) is 0 Å². The van der Waals surface area contributed by atoms with Gasteiger partial charge in [-0.3, -0.25) is 0 Å². The van der Waals surface area contributed by atoms with Crippen LogP contribution in [0.1, 0.15) is 0 Å². The van der Waals surface area contributed by atoms with Crippen LogP contribution in [-0.4, -0.2) is 15.3 Å². The van der Waals surface area contributed by atoms with Gasteiger partial charge in [0, 0.05) is 5.56 Å². The number of hydrogen-bond donors (Lipinski definition) is 3.